The quantitative estimate of drug-likeness (QED) is 0.321. The molecule has 140 valence electrons. The molecular weight excluding hydrogens is 344 g/mol. The number of nitrogens with one attached hydrogen (secondary N) is 2. The number of hydrogen-bond donors (Lipinski definition) is 4. The van der Waals surface area contributed by atoms with Crippen molar-refractivity contribution in [3.05, 3.63) is 60.4 Å². The van der Waals surface area contributed by atoms with Crippen molar-refractivity contribution in [1.29, 1.82) is 0 Å². The van der Waals surface area contributed by atoms with Crippen molar-refractivity contribution in [2.75, 3.05) is 0 Å². The lowest BCUT2D eigenvalue weighted by Crippen LogP contribution is -2.44. The van der Waals surface area contributed by atoms with Crippen LogP contribution in [0.1, 0.15) is 27.7 Å². The number of hydrazine groups is 1. The first kappa shape index (κ1) is 20.2. The fraction of sp³-hybridized carbons (Fsp3) is 0.300. The van der Waals surface area contributed by atoms with E-state index in [-0.39, 0.29) is 11.6 Å². The molecule has 5 nitrogen and oxygen atoms in total. The van der Waals surface area contributed by atoms with Crippen LogP contribution in [0, 0.1) is 0 Å². The third-order valence-electron chi connectivity index (χ3n) is 3.83. The highest BCUT2D eigenvalue weighted by Crippen LogP contribution is 2.27. The second-order valence-electron chi connectivity index (χ2n) is 6.77. The van der Waals surface area contributed by atoms with Crippen LogP contribution in [-0.2, 0) is 0 Å². The van der Waals surface area contributed by atoms with Crippen molar-refractivity contribution in [2.24, 2.45) is 11.6 Å². The summed E-state index contributed by atoms with van der Waals surface area (Å²) in [6.07, 6.45) is 1.65. The van der Waals surface area contributed by atoms with Gasteiger partial charge in [0.15, 0.2) is 0 Å². The lowest BCUT2D eigenvalue weighted by Gasteiger charge is -2.28. The van der Waals surface area contributed by atoms with Gasteiger partial charge in [0.1, 0.15) is 5.75 Å². The minimum atomic E-state index is -0.376. The number of benzene rings is 2. The van der Waals surface area contributed by atoms with Crippen LogP contribution in [0.3, 0.4) is 0 Å². The third kappa shape index (κ3) is 5.42. The van der Waals surface area contributed by atoms with Gasteiger partial charge in [-0.05, 0) is 75.0 Å². The van der Waals surface area contributed by atoms with E-state index in [0.29, 0.717) is 0 Å². The highest BCUT2D eigenvalue weighted by molar-refractivity contribution is 7.97. The van der Waals surface area contributed by atoms with Crippen molar-refractivity contribution >= 4 is 11.9 Å². The summed E-state index contributed by atoms with van der Waals surface area (Å²) >= 11 is 1.54. The molecule has 26 heavy (non-hydrogen) atoms. The average Bonchev–Trinajstić information content (AvgIpc) is 2.61. The molecule has 6 heteroatoms. The molecule has 0 radical (unpaired) electrons. The van der Waals surface area contributed by atoms with Crippen LogP contribution in [0.4, 0.5) is 0 Å². The molecule has 0 saturated heterocycles. The van der Waals surface area contributed by atoms with Gasteiger partial charge >= 0.3 is 0 Å². The van der Waals surface area contributed by atoms with Gasteiger partial charge in [0.05, 0.1) is 17.3 Å². The molecule has 0 aromatic heterocycles. The molecule has 6 N–H and O–H groups in total. The summed E-state index contributed by atoms with van der Waals surface area (Å²) in [5.74, 6) is 6.39. The van der Waals surface area contributed by atoms with Gasteiger partial charge in [0.2, 0.25) is 0 Å². The Labute approximate surface area is 160 Å². The SMILES string of the molecule is CC(C)Oc1ccc(-c2ccc(SNC(C)(C)/C(=C/N)NN)cc2)cc1. The van der Waals surface area contributed by atoms with Gasteiger partial charge < -0.3 is 15.9 Å². The Balaban J connectivity index is 2.02. The van der Waals surface area contributed by atoms with Crippen molar-refractivity contribution in [3.8, 4) is 16.9 Å². The van der Waals surface area contributed by atoms with Crippen molar-refractivity contribution in [3.63, 3.8) is 0 Å². The summed E-state index contributed by atoms with van der Waals surface area (Å²) in [7, 11) is 0. The fourth-order valence-electron chi connectivity index (χ4n) is 2.39. The van der Waals surface area contributed by atoms with Gasteiger partial charge in [0.25, 0.3) is 0 Å². The van der Waals surface area contributed by atoms with E-state index in [1.807, 2.05) is 39.8 Å². The number of nitrogens with two attached hydrogens (primary N) is 2. The Morgan fingerprint density at radius 1 is 1.04 bits per heavy atom. The molecule has 0 aliphatic carbocycles. The molecule has 0 unspecified atom stereocenters. The minimum Gasteiger partial charge on any atom is -0.491 e. The molecular formula is C20H28N4OS. The summed E-state index contributed by atoms with van der Waals surface area (Å²) in [6.45, 7) is 8.06. The van der Waals surface area contributed by atoms with E-state index < -0.39 is 0 Å². The number of hydrogen-bond acceptors (Lipinski definition) is 6. The molecule has 0 spiro atoms. The monoisotopic (exact) mass is 372 g/mol. The van der Waals surface area contributed by atoms with Crippen LogP contribution in [0.25, 0.3) is 11.1 Å². The third-order valence-corrected chi connectivity index (χ3v) is 4.95. The van der Waals surface area contributed by atoms with Gasteiger partial charge in [-0.1, -0.05) is 24.3 Å². The summed E-state index contributed by atoms with van der Waals surface area (Å²) in [6, 6.07) is 16.5. The largest absolute Gasteiger partial charge is 0.491 e. The van der Waals surface area contributed by atoms with Gasteiger partial charge in [-0.15, -0.1) is 0 Å². The number of ether oxygens (including phenoxy) is 1. The lowest BCUT2D eigenvalue weighted by molar-refractivity contribution is 0.242. The van der Waals surface area contributed by atoms with E-state index in [4.69, 9.17) is 16.3 Å². The van der Waals surface area contributed by atoms with Crippen LogP contribution < -0.4 is 26.5 Å². The van der Waals surface area contributed by atoms with Crippen LogP contribution >= 0.6 is 11.9 Å². The zero-order chi connectivity index (χ0) is 19.2. The van der Waals surface area contributed by atoms with E-state index >= 15 is 0 Å². The van der Waals surface area contributed by atoms with Crippen LogP contribution in [0.15, 0.2) is 65.3 Å². The highest BCUT2D eigenvalue weighted by Gasteiger charge is 2.22. The average molecular weight is 373 g/mol. The first-order chi connectivity index (χ1) is 12.4. The Bertz CT molecular complexity index is 724. The molecule has 2 aromatic carbocycles. The summed E-state index contributed by atoms with van der Waals surface area (Å²) < 4.78 is 9.06. The van der Waals surface area contributed by atoms with Crippen LogP contribution in [-0.4, -0.2) is 11.6 Å². The summed E-state index contributed by atoms with van der Waals surface area (Å²) in [5, 5.41) is 0. The Hall–Kier alpha value is -2.15. The smallest absolute Gasteiger partial charge is 0.119 e. The topological polar surface area (TPSA) is 85.3 Å². The molecule has 0 heterocycles. The van der Waals surface area contributed by atoms with Gasteiger partial charge in [-0.3, -0.25) is 5.84 Å². The van der Waals surface area contributed by atoms with E-state index in [0.717, 1.165) is 27.5 Å². The predicted molar refractivity (Wildman–Crippen MR) is 110 cm³/mol. The number of rotatable bonds is 8. The van der Waals surface area contributed by atoms with Gasteiger partial charge in [-0.25, -0.2) is 4.72 Å². The molecule has 0 bridgehead atoms. The first-order valence-electron chi connectivity index (χ1n) is 8.56. The molecule has 0 atom stereocenters. The zero-order valence-electron chi connectivity index (χ0n) is 15.7. The molecule has 2 rings (SSSR count). The standard InChI is InChI=1S/C20H28N4OS/c1-14(2)25-17-9-5-15(6-10-17)16-7-11-18(12-8-16)26-24-20(3,4)19(13-21)23-22/h5-14,23-24H,21-22H2,1-4H3/b19-13-. The van der Waals surface area contributed by atoms with Crippen molar-refractivity contribution in [2.45, 2.75) is 44.2 Å². The van der Waals surface area contributed by atoms with E-state index in [2.05, 4.69) is 46.5 Å². The predicted octanol–water partition coefficient (Wildman–Crippen LogP) is 3.78. The maximum Gasteiger partial charge on any atom is 0.119 e. The van der Waals surface area contributed by atoms with E-state index in [1.54, 1.807) is 0 Å². The maximum atomic E-state index is 5.69. The van der Waals surface area contributed by atoms with Gasteiger partial charge in [-0.2, -0.15) is 0 Å². The van der Waals surface area contributed by atoms with Crippen molar-refractivity contribution in [1.82, 2.24) is 10.1 Å². The van der Waals surface area contributed by atoms with Crippen LogP contribution in [0.5, 0.6) is 5.75 Å². The molecule has 2 aromatic rings. The Morgan fingerprint density at radius 2 is 1.58 bits per heavy atom. The second-order valence-corrected chi connectivity index (χ2v) is 7.65. The molecule has 0 amide bonds. The maximum absolute atomic E-state index is 5.69. The second kappa shape index (κ2) is 8.98. The molecule has 0 saturated carbocycles. The molecule has 0 fully saturated rings. The molecule has 0 aliphatic rings. The van der Waals surface area contributed by atoms with Crippen LogP contribution in [0.2, 0.25) is 0 Å². The zero-order valence-corrected chi connectivity index (χ0v) is 16.6. The fourth-order valence-corrected chi connectivity index (χ4v) is 3.15. The minimum absolute atomic E-state index is 0.179. The van der Waals surface area contributed by atoms with Gasteiger partial charge in [0, 0.05) is 11.1 Å². The van der Waals surface area contributed by atoms with Crippen molar-refractivity contribution < 1.29 is 4.74 Å². The lowest BCUT2D eigenvalue weighted by atomic mass is 10.0. The summed E-state index contributed by atoms with van der Waals surface area (Å²) in [4.78, 5) is 1.11. The van der Waals surface area contributed by atoms with E-state index in [1.165, 1.54) is 18.1 Å². The van der Waals surface area contributed by atoms with E-state index in [9.17, 15) is 0 Å². The Kier molecular flexibility index (Phi) is 6.97. The molecule has 0 aliphatic heterocycles. The normalized spacial score (nSPS) is 12.3. The Morgan fingerprint density at radius 3 is 2.04 bits per heavy atom. The first-order valence-corrected chi connectivity index (χ1v) is 9.37. The summed E-state index contributed by atoms with van der Waals surface area (Å²) in [5.41, 5.74) is 10.9. The highest BCUT2D eigenvalue weighted by atomic mass is 32.2.